The molecule has 1 aromatic heterocycles. The third-order valence-corrected chi connectivity index (χ3v) is 6.43. The van der Waals surface area contributed by atoms with Crippen molar-refractivity contribution in [3.05, 3.63) is 76.5 Å². The van der Waals surface area contributed by atoms with Gasteiger partial charge in [-0.2, -0.15) is 0 Å². The Morgan fingerprint density at radius 1 is 1.06 bits per heavy atom. The molecule has 0 radical (unpaired) electrons. The Morgan fingerprint density at radius 2 is 1.86 bits per heavy atom. The highest BCUT2D eigenvalue weighted by Gasteiger charge is 2.46. The van der Waals surface area contributed by atoms with Gasteiger partial charge in [0.25, 0.3) is 5.91 Å². The van der Waals surface area contributed by atoms with Gasteiger partial charge in [0.2, 0.25) is 5.91 Å². The average Bonchev–Trinajstić information content (AvgIpc) is 3.47. The van der Waals surface area contributed by atoms with Crippen molar-refractivity contribution in [1.82, 2.24) is 4.90 Å². The third kappa shape index (κ3) is 5.38. The maximum atomic E-state index is 13.4. The molecule has 4 rings (SSSR count). The lowest BCUT2D eigenvalue weighted by molar-refractivity contribution is -0.124. The molecule has 3 aromatic rings. The van der Waals surface area contributed by atoms with Gasteiger partial charge in [-0.3, -0.25) is 9.59 Å². The summed E-state index contributed by atoms with van der Waals surface area (Å²) >= 11 is 1.46. The van der Waals surface area contributed by atoms with Gasteiger partial charge in [-0.1, -0.05) is 18.2 Å². The number of amides is 4. The zero-order chi connectivity index (χ0) is 25.7. The van der Waals surface area contributed by atoms with Crippen LogP contribution in [0.5, 0.6) is 5.75 Å². The lowest BCUT2D eigenvalue weighted by Crippen LogP contribution is -2.37. The lowest BCUT2D eigenvalue weighted by atomic mass is 10.1. The predicted octanol–water partition coefficient (Wildman–Crippen LogP) is 4.30. The Balaban J connectivity index is 1.56. The molecule has 1 atom stereocenters. The fourth-order valence-corrected chi connectivity index (χ4v) is 4.60. The fraction of sp³-hybridized carbons (Fsp3) is 0.231. The summed E-state index contributed by atoms with van der Waals surface area (Å²) in [6.07, 6.45) is -0.250. The molecule has 1 aliphatic rings. The number of nitrogens with one attached hydrogen (secondary N) is 1. The molecule has 0 unspecified atom stereocenters. The van der Waals surface area contributed by atoms with Crippen LogP contribution in [0.3, 0.4) is 0 Å². The Bertz CT molecular complexity index is 1280. The average molecular weight is 508 g/mol. The molecule has 0 bridgehead atoms. The summed E-state index contributed by atoms with van der Waals surface area (Å²) in [7, 11) is 1.50. The van der Waals surface area contributed by atoms with E-state index in [-0.39, 0.29) is 19.6 Å². The van der Waals surface area contributed by atoms with Gasteiger partial charge in [-0.25, -0.2) is 14.5 Å². The summed E-state index contributed by atoms with van der Waals surface area (Å²) in [4.78, 5) is 55.2. The Morgan fingerprint density at radius 3 is 2.58 bits per heavy atom. The molecule has 4 amide bonds. The lowest BCUT2D eigenvalue weighted by Gasteiger charge is -2.21. The van der Waals surface area contributed by atoms with E-state index in [0.717, 1.165) is 9.78 Å². The Labute approximate surface area is 212 Å². The highest BCUT2D eigenvalue weighted by molar-refractivity contribution is 7.09. The van der Waals surface area contributed by atoms with Gasteiger partial charge in [-0.05, 0) is 48.7 Å². The van der Waals surface area contributed by atoms with Gasteiger partial charge in [0.1, 0.15) is 11.8 Å². The minimum absolute atomic E-state index is 0.193. The summed E-state index contributed by atoms with van der Waals surface area (Å²) in [6, 6.07) is 15.2. The van der Waals surface area contributed by atoms with Crippen LogP contribution >= 0.6 is 11.3 Å². The summed E-state index contributed by atoms with van der Waals surface area (Å²) in [5, 5.41) is 4.61. The second-order valence-electron chi connectivity index (χ2n) is 7.93. The molecule has 186 valence electrons. The molecule has 9 nitrogen and oxygen atoms in total. The predicted molar refractivity (Wildman–Crippen MR) is 135 cm³/mol. The second-order valence-corrected chi connectivity index (χ2v) is 8.97. The Kier molecular flexibility index (Phi) is 7.65. The van der Waals surface area contributed by atoms with Gasteiger partial charge >= 0.3 is 12.0 Å². The van der Waals surface area contributed by atoms with Crippen molar-refractivity contribution in [2.24, 2.45) is 0 Å². The number of carbonyl (C=O) groups is 4. The number of urea groups is 1. The first-order valence-corrected chi connectivity index (χ1v) is 12.2. The SMILES string of the molecule is CCOC(=O)c1cccc(NC(=O)C[C@H]2C(=O)N(c3cccc(OC)c3)C(=O)N2Cc2cccs2)c1. The Hall–Kier alpha value is -4.18. The number of thiophene rings is 1. The molecule has 2 aromatic carbocycles. The van der Waals surface area contributed by atoms with E-state index in [4.69, 9.17) is 9.47 Å². The van der Waals surface area contributed by atoms with Gasteiger partial charge in [-0.15, -0.1) is 11.3 Å². The number of imide groups is 1. The summed E-state index contributed by atoms with van der Waals surface area (Å²) in [5.41, 5.74) is 1.05. The first-order valence-electron chi connectivity index (χ1n) is 11.3. The number of rotatable bonds is 9. The van der Waals surface area contributed by atoms with Crippen LogP contribution in [0.2, 0.25) is 0 Å². The van der Waals surface area contributed by atoms with Crippen molar-refractivity contribution in [1.29, 1.82) is 0 Å². The summed E-state index contributed by atoms with van der Waals surface area (Å²) in [5.74, 6) is -0.965. The number of anilines is 2. The number of hydrogen-bond acceptors (Lipinski definition) is 7. The maximum Gasteiger partial charge on any atom is 0.338 e. The van der Waals surface area contributed by atoms with Crippen LogP contribution in [0.4, 0.5) is 16.2 Å². The molecule has 36 heavy (non-hydrogen) atoms. The minimum atomic E-state index is -1.00. The molecular weight excluding hydrogens is 482 g/mol. The standard InChI is InChI=1S/C26H25N3O6S/c1-3-35-25(32)17-7-4-8-18(13-17)27-23(30)15-22-24(31)29(19-9-5-10-20(14-19)34-2)26(33)28(22)16-21-11-6-12-36-21/h4-14,22H,3,15-16H2,1-2H3,(H,27,30)/t22-/m0/s1. The van der Waals surface area contributed by atoms with Crippen LogP contribution in [0.15, 0.2) is 66.0 Å². The third-order valence-electron chi connectivity index (χ3n) is 5.57. The monoisotopic (exact) mass is 507 g/mol. The van der Waals surface area contributed by atoms with Crippen molar-refractivity contribution in [3.63, 3.8) is 0 Å². The van der Waals surface area contributed by atoms with E-state index >= 15 is 0 Å². The number of esters is 1. The fourth-order valence-electron chi connectivity index (χ4n) is 3.90. The van der Waals surface area contributed by atoms with Crippen LogP contribution in [-0.4, -0.2) is 48.5 Å². The molecule has 10 heteroatoms. The summed E-state index contributed by atoms with van der Waals surface area (Å²) in [6.45, 7) is 2.14. The smallest absolute Gasteiger partial charge is 0.338 e. The first kappa shape index (κ1) is 24.9. The maximum absolute atomic E-state index is 13.4. The van der Waals surface area contributed by atoms with Crippen molar-refractivity contribution >= 4 is 46.5 Å². The number of nitrogens with zero attached hydrogens (tertiary/aromatic N) is 2. The molecule has 1 saturated heterocycles. The molecule has 0 saturated carbocycles. The first-order chi connectivity index (χ1) is 17.4. The number of benzene rings is 2. The number of hydrogen-bond donors (Lipinski definition) is 1. The second kappa shape index (κ2) is 11.0. The van der Waals surface area contributed by atoms with Crippen molar-refractivity contribution in [2.45, 2.75) is 25.9 Å². The molecule has 0 aliphatic carbocycles. The summed E-state index contributed by atoms with van der Waals surface area (Å²) < 4.78 is 10.2. The zero-order valence-electron chi connectivity index (χ0n) is 19.8. The molecule has 0 spiro atoms. The van der Waals surface area contributed by atoms with Crippen molar-refractivity contribution in [3.8, 4) is 5.75 Å². The van der Waals surface area contributed by atoms with E-state index in [1.54, 1.807) is 49.4 Å². The van der Waals surface area contributed by atoms with E-state index in [9.17, 15) is 19.2 Å². The van der Waals surface area contributed by atoms with Gasteiger partial charge in [0, 0.05) is 16.6 Å². The number of methoxy groups -OCH3 is 1. The molecule has 1 N–H and O–H groups in total. The van der Waals surface area contributed by atoms with E-state index < -0.39 is 29.9 Å². The van der Waals surface area contributed by atoms with E-state index in [0.29, 0.717) is 22.7 Å². The van der Waals surface area contributed by atoms with Crippen LogP contribution < -0.4 is 15.0 Å². The number of ether oxygens (including phenoxy) is 2. The van der Waals surface area contributed by atoms with Crippen LogP contribution in [0.1, 0.15) is 28.6 Å². The van der Waals surface area contributed by atoms with Crippen molar-refractivity contribution in [2.75, 3.05) is 23.9 Å². The molecule has 1 aliphatic heterocycles. The van der Waals surface area contributed by atoms with E-state index in [1.165, 1.54) is 29.4 Å². The highest BCUT2D eigenvalue weighted by Crippen LogP contribution is 2.31. The van der Waals surface area contributed by atoms with Crippen LogP contribution in [0.25, 0.3) is 0 Å². The van der Waals surface area contributed by atoms with E-state index in [1.807, 2.05) is 17.5 Å². The van der Waals surface area contributed by atoms with Gasteiger partial charge in [0.05, 0.1) is 37.9 Å². The molecule has 2 heterocycles. The van der Waals surface area contributed by atoms with Crippen molar-refractivity contribution < 1.29 is 28.7 Å². The quantitative estimate of drug-likeness (QED) is 0.342. The van der Waals surface area contributed by atoms with Gasteiger partial charge < -0.3 is 19.7 Å². The molecular formula is C26H25N3O6S. The number of carbonyl (C=O) groups excluding carboxylic acids is 4. The minimum Gasteiger partial charge on any atom is -0.497 e. The molecule has 1 fully saturated rings. The van der Waals surface area contributed by atoms with Crippen LogP contribution in [0, 0.1) is 0 Å². The normalized spacial score (nSPS) is 15.2. The van der Waals surface area contributed by atoms with Crippen LogP contribution in [-0.2, 0) is 20.9 Å². The zero-order valence-corrected chi connectivity index (χ0v) is 20.6. The van der Waals surface area contributed by atoms with E-state index in [2.05, 4.69) is 5.32 Å². The topological polar surface area (TPSA) is 105 Å². The van der Waals surface area contributed by atoms with Gasteiger partial charge in [0.15, 0.2) is 0 Å². The largest absolute Gasteiger partial charge is 0.497 e. The highest BCUT2D eigenvalue weighted by atomic mass is 32.1.